The molecule has 0 spiro atoms. The lowest BCUT2D eigenvalue weighted by Gasteiger charge is -2.34. The largest absolute Gasteiger partial charge is 0.484 e. The van der Waals surface area contributed by atoms with E-state index in [4.69, 9.17) is 4.74 Å². The van der Waals surface area contributed by atoms with Crippen LogP contribution in [-0.2, 0) is 9.59 Å². The molecule has 0 atom stereocenters. The quantitative estimate of drug-likeness (QED) is 0.794. The minimum Gasteiger partial charge on any atom is -0.484 e. The third-order valence-corrected chi connectivity index (χ3v) is 5.32. The van der Waals surface area contributed by atoms with Crippen LogP contribution in [0.1, 0.15) is 25.7 Å². The van der Waals surface area contributed by atoms with Crippen LogP contribution in [-0.4, -0.2) is 66.5 Å². The van der Waals surface area contributed by atoms with Gasteiger partial charge in [-0.2, -0.15) is 5.26 Å². The van der Waals surface area contributed by atoms with E-state index in [1.807, 2.05) is 4.90 Å². The predicted octanol–water partition coefficient (Wildman–Crippen LogP) is 1.30. The van der Waals surface area contributed by atoms with Gasteiger partial charge in [0.15, 0.2) is 6.61 Å². The number of rotatable bonds is 6. The third kappa shape index (κ3) is 5.20. The Labute approximate surface area is 164 Å². The van der Waals surface area contributed by atoms with Crippen LogP contribution in [0.2, 0.25) is 0 Å². The highest BCUT2D eigenvalue weighted by Crippen LogP contribution is 2.28. The highest BCUT2D eigenvalue weighted by atomic mass is 19.1. The normalized spacial score (nSPS) is 19.1. The molecular formula is C20H25FN4O3. The van der Waals surface area contributed by atoms with Gasteiger partial charge in [0, 0.05) is 26.2 Å². The molecule has 2 aliphatic rings. The van der Waals surface area contributed by atoms with E-state index in [1.165, 1.54) is 24.3 Å². The van der Waals surface area contributed by atoms with E-state index in [-0.39, 0.29) is 30.8 Å². The van der Waals surface area contributed by atoms with Crippen molar-refractivity contribution in [2.24, 2.45) is 0 Å². The number of carbonyl (C=O) groups is 2. The first-order chi connectivity index (χ1) is 13.5. The maximum Gasteiger partial charge on any atom is 0.260 e. The zero-order valence-corrected chi connectivity index (χ0v) is 15.8. The summed E-state index contributed by atoms with van der Waals surface area (Å²) in [5.74, 6) is -0.179. The van der Waals surface area contributed by atoms with Gasteiger partial charge in [-0.25, -0.2) is 4.39 Å². The standard InChI is InChI=1S/C20H25FN4O3/c21-16-3-5-17(6-4-16)28-14-19(27)25-11-9-24(10-12-25)13-18(26)23-20(15-22)7-1-2-8-20/h3-6H,1-2,7-14H2,(H,23,26). The molecule has 1 N–H and O–H groups in total. The fraction of sp³-hybridized carbons (Fsp3) is 0.550. The summed E-state index contributed by atoms with van der Waals surface area (Å²) in [7, 11) is 0. The van der Waals surface area contributed by atoms with Gasteiger partial charge >= 0.3 is 0 Å². The van der Waals surface area contributed by atoms with Crippen LogP contribution in [0, 0.1) is 17.1 Å². The number of ether oxygens (including phenoxy) is 1. The molecule has 8 heteroatoms. The molecule has 0 unspecified atom stereocenters. The van der Waals surface area contributed by atoms with Gasteiger partial charge in [0.25, 0.3) is 5.91 Å². The Morgan fingerprint density at radius 2 is 1.79 bits per heavy atom. The minimum atomic E-state index is -0.702. The molecule has 28 heavy (non-hydrogen) atoms. The maximum atomic E-state index is 12.9. The maximum absolute atomic E-state index is 12.9. The summed E-state index contributed by atoms with van der Waals surface area (Å²) in [5, 5.41) is 12.3. The van der Waals surface area contributed by atoms with Gasteiger partial charge in [-0.3, -0.25) is 14.5 Å². The van der Waals surface area contributed by atoms with Gasteiger partial charge in [0.05, 0.1) is 12.6 Å². The molecule has 0 radical (unpaired) electrons. The van der Waals surface area contributed by atoms with Gasteiger partial charge in [0.1, 0.15) is 17.1 Å². The molecule has 0 aromatic heterocycles. The molecule has 1 aromatic rings. The second-order valence-electron chi connectivity index (χ2n) is 7.35. The Morgan fingerprint density at radius 1 is 1.14 bits per heavy atom. The van der Waals surface area contributed by atoms with Gasteiger partial charge < -0.3 is 15.0 Å². The number of nitrogens with one attached hydrogen (secondary N) is 1. The molecule has 3 rings (SSSR count). The summed E-state index contributed by atoms with van der Waals surface area (Å²) in [4.78, 5) is 28.3. The van der Waals surface area contributed by atoms with Crippen molar-refractivity contribution in [1.82, 2.24) is 15.1 Å². The Bertz CT molecular complexity index is 733. The van der Waals surface area contributed by atoms with Crippen molar-refractivity contribution in [3.8, 4) is 11.8 Å². The van der Waals surface area contributed by atoms with Gasteiger partial charge in [-0.1, -0.05) is 0 Å². The molecule has 1 aliphatic carbocycles. The van der Waals surface area contributed by atoms with Crippen LogP contribution in [0.4, 0.5) is 4.39 Å². The Morgan fingerprint density at radius 3 is 2.39 bits per heavy atom. The first-order valence-electron chi connectivity index (χ1n) is 9.60. The number of hydrogen-bond acceptors (Lipinski definition) is 5. The topological polar surface area (TPSA) is 85.7 Å². The lowest BCUT2D eigenvalue weighted by atomic mass is 10.00. The van der Waals surface area contributed by atoms with Crippen LogP contribution >= 0.6 is 0 Å². The zero-order chi connectivity index (χ0) is 20.0. The van der Waals surface area contributed by atoms with Crippen molar-refractivity contribution in [3.05, 3.63) is 30.1 Å². The van der Waals surface area contributed by atoms with Crippen molar-refractivity contribution in [2.75, 3.05) is 39.3 Å². The summed E-state index contributed by atoms with van der Waals surface area (Å²) >= 11 is 0. The average molecular weight is 388 g/mol. The van der Waals surface area contributed by atoms with Gasteiger partial charge in [-0.05, 0) is 49.9 Å². The number of nitriles is 1. The molecule has 2 amide bonds. The van der Waals surface area contributed by atoms with Crippen molar-refractivity contribution in [3.63, 3.8) is 0 Å². The average Bonchev–Trinajstić information content (AvgIpc) is 3.16. The van der Waals surface area contributed by atoms with Crippen LogP contribution in [0.3, 0.4) is 0 Å². The monoisotopic (exact) mass is 388 g/mol. The van der Waals surface area contributed by atoms with Crippen molar-refractivity contribution in [1.29, 1.82) is 5.26 Å². The van der Waals surface area contributed by atoms with E-state index in [2.05, 4.69) is 11.4 Å². The molecule has 1 aromatic carbocycles. The van der Waals surface area contributed by atoms with Crippen molar-refractivity contribution in [2.45, 2.75) is 31.2 Å². The Hall–Kier alpha value is -2.66. The smallest absolute Gasteiger partial charge is 0.260 e. The van der Waals surface area contributed by atoms with E-state index in [9.17, 15) is 19.2 Å². The fourth-order valence-corrected chi connectivity index (χ4v) is 3.68. The van der Waals surface area contributed by atoms with Crippen LogP contribution in [0.15, 0.2) is 24.3 Å². The second-order valence-corrected chi connectivity index (χ2v) is 7.35. The first-order valence-corrected chi connectivity index (χ1v) is 9.60. The van der Waals surface area contributed by atoms with Crippen LogP contribution in [0.25, 0.3) is 0 Å². The van der Waals surface area contributed by atoms with E-state index in [0.29, 0.717) is 44.8 Å². The summed E-state index contributed by atoms with van der Waals surface area (Å²) in [6.45, 7) is 2.35. The van der Waals surface area contributed by atoms with Crippen LogP contribution in [0.5, 0.6) is 5.75 Å². The van der Waals surface area contributed by atoms with E-state index in [1.54, 1.807) is 4.90 Å². The Balaban J connectivity index is 1.39. The predicted molar refractivity (Wildman–Crippen MR) is 99.9 cm³/mol. The summed E-state index contributed by atoms with van der Waals surface area (Å²) in [6, 6.07) is 7.79. The highest BCUT2D eigenvalue weighted by Gasteiger charge is 2.35. The highest BCUT2D eigenvalue weighted by molar-refractivity contribution is 5.80. The third-order valence-electron chi connectivity index (χ3n) is 5.32. The first kappa shape index (κ1) is 20.1. The number of halogens is 1. The number of benzene rings is 1. The fourth-order valence-electron chi connectivity index (χ4n) is 3.68. The van der Waals surface area contributed by atoms with Gasteiger partial charge in [0.2, 0.25) is 5.91 Å². The van der Waals surface area contributed by atoms with Crippen molar-refractivity contribution < 1.29 is 18.7 Å². The number of carbonyl (C=O) groups excluding carboxylic acids is 2. The molecule has 1 heterocycles. The molecule has 0 bridgehead atoms. The molecule has 7 nitrogen and oxygen atoms in total. The summed E-state index contributed by atoms with van der Waals surface area (Å²) in [5.41, 5.74) is -0.702. The lowest BCUT2D eigenvalue weighted by Crippen LogP contribution is -2.54. The SMILES string of the molecule is N#CC1(NC(=O)CN2CCN(C(=O)COc3ccc(F)cc3)CC2)CCCC1. The molecular weight excluding hydrogens is 363 g/mol. The summed E-state index contributed by atoms with van der Waals surface area (Å²) in [6.07, 6.45) is 3.36. The second kappa shape index (κ2) is 9.02. The molecule has 1 saturated heterocycles. The van der Waals surface area contributed by atoms with Crippen LogP contribution < -0.4 is 10.1 Å². The van der Waals surface area contributed by atoms with E-state index in [0.717, 1.165) is 12.8 Å². The number of piperazine rings is 1. The van der Waals surface area contributed by atoms with Crippen molar-refractivity contribution >= 4 is 11.8 Å². The molecule has 2 fully saturated rings. The summed E-state index contributed by atoms with van der Waals surface area (Å²) < 4.78 is 18.3. The lowest BCUT2D eigenvalue weighted by molar-refractivity contribution is -0.135. The van der Waals surface area contributed by atoms with E-state index >= 15 is 0 Å². The Kier molecular flexibility index (Phi) is 6.47. The number of amides is 2. The van der Waals surface area contributed by atoms with E-state index < -0.39 is 5.54 Å². The zero-order valence-electron chi connectivity index (χ0n) is 15.8. The number of hydrogen-bond donors (Lipinski definition) is 1. The molecule has 1 saturated carbocycles. The molecule has 150 valence electrons. The van der Waals surface area contributed by atoms with Gasteiger partial charge in [-0.15, -0.1) is 0 Å². The molecule has 1 aliphatic heterocycles. The number of nitrogens with zero attached hydrogens (tertiary/aromatic N) is 3. The minimum absolute atomic E-state index is 0.100.